The molecule has 6 rings (SSSR count). The van der Waals surface area contributed by atoms with Crippen molar-refractivity contribution in [2.45, 2.75) is 30.3 Å². The molecule has 4 nitrogen and oxygen atoms in total. The van der Waals surface area contributed by atoms with E-state index in [1.165, 1.54) is 0 Å². The van der Waals surface area contributed by atoms with E-state index in [-0.39, 0.29) is 12.1 Å². The maximum absolute atomic E-state index is 10.9. The van der Waals surface area contributed by atoms with Gasteiger partial charge in [-0.05, 0) is 59.3 Å². The highest BCUT2D eigenvalue weighted by atomic mass is 16.5. The lowest BCUT2D eigenvalue weighted by Gasteiger charge is -2.40. The maximum atomic E-state index is 10.9. The quantitative estimate of drug-likeness (QED) is 0.574. The number of methoxy groups -OCH3 is 1. The van der Waals surface area contributed by atoms with Gasteiger partial charge in [0.25, 0.3) is 0 Å². The molecule has 0 unspecified atom stereocenters. The second-order valence-electron chi connectivity index (χ2n) is 9.00. The van der Waals surface area contributed by atoms with Gasteiger partial charge >= 0.3 is 0 Å². The molecule has 1 aliphatic carbocycles. The van der Waals surface area contributed by atoms with Crippen molar-refractivity contribution in [3.05, 3.63) is 89.5 Å². The molecule has 2 fully saturated rings. The summed E-state index contributed by atoms with van der Waals surface area (Å²) in [6.45, 7) is 0.887. The summed E-state index contributed by atoms with van der Waals surface area (Å²) < 4.78 is 5.37. The molecule has 0 N–H and O–H groups in total. The zero-order valence-electron chi connectivity index (χ0n) is 18.0. The van der Waals surface area contributed by atoms with E-state index in [2.05, 4.69) is 53.4 Å². The monoisotopic (exact) mass is 417 g/mol. The summed E-state index contributed by atoms with van der Waals surface area (Å²) in [5.41, 5.74) is 3.61. The molecule has 3 aliphatic rings. The van der Waals surface area contributed by atoms with Crippen molar-refractivity contribution in [3.63, 3.8) is 0 Å². The van der Waals surface area contributed by atoms with Crippen LogP contribution in [0, 0.1) is 28.1 Å². The number of benzene rings is 3. The SMILES string of the molecule is COc1ccc([C@H]2N3CCC[C@@H]3C3(c4ccccc4-c4ccccc43)C2(C#N)C#N)cc1. The number of rotatable bonds is 2. The molecule has 2 aliphatic heterocycles. The van der Waals surface area contributed by atoms with E-state index < -0.39 is 10.8 Å². The van der Waals surface area contributed by atoms with Gasteiger partial charge in [0.15, 0.2) is 5.41 Å². The molecular formula is C28H23N3O. The Morgan fingerprint density at radius 3 is 2.03 bits per heavy atom. The Hall–Kier alpha value is -3.60. The van der Waals surface area contributed by atoms with Crippen molar-refractivity contribution in [3.8, 4) is 29.0 Å². The zero-order chi connectivity index (χ0) is 21.9. The summed E-state index contributed by atoms with van der Waals surface area (Å²) >= 11 is 0. The molecule has 2 heterocycles. The Morgan fingerprint density at radius 1 is 0.875 bits per heavy atom. The molecule has 0 bridgehead atoms. The van der Waals surface area contributed by atoms with Crippen LogP contribution in [-0.2, 0) is 5.41 Å². The van der Waals surface area contributed by atoms with E-state index in [9.17, 15) is 10.5 Å². The molecule has 1 spiro atoms. The van der Waals surface area contributed by atoms with Crippen molar-refractivity contribution >= 4 is 0 Å². The number of ether oxygens (including phenoxy) is 1. The van der Waals surface area contributed by atoms with Gasteiger partial charge in [0, 0.05) is 6.04 Å². The summed E-state index contributed by atoms with van der Waals surface area (Å²) in [4.78, 5) is 2.44. The Kier molecular flexibility index (Phi) is 4.00. The van der Waals surface area contributed by atoms with Gasteiger partial charge in [-0.2, -0.15) is 10.5 Å². The fraction of sp³-hybridized carbons (Fsp3) is 0.286. The van der Waals surface area contributed by atoms with Crippen LogP contribution < -0.4 is 4.74 Å². The number of hydrogen-bond donors (Lipinski definition) is 0. The highest BCUT2D eigenvalue weighted by Crippen LogP contribution is 2.70. The standard InChI is InChI=1S/C28H23N3O/c1-32-20-14-12-19(13-15-20)26-27(17-29,18-30)28(25-11-6-16-31(25)26)23-9-4-2-7-21(23)22-8-3-5-10-24(22)28/h2-5,7-10,12-15,25-26H,6,11,16H2,1H3/t25-,26-/m1/s1. The lowest BCUT2D eigenvalue weighted by Crippen LogP contribution is -2.47. The van der Waals surface area contributed by atoms with Gasteiger partial charge in [-0.1, -0.05) is 60.7 Å². The van der Waals surface area contributed by atoms with E-state index in [1.54, 1.807) is 7.11 Å². The average molecular weight is 418 g/mol. The minimum Gasteiger partial charge on any atom is -0.497 e. The van der Waals surface area contributed by atoms with Crippen LogP contribution in [0.5, 0.6) is 5.75 Å². The predicted molar refractivity (Wildman–Crippen MR) is 122 cm³/mol. The van der Waals surface area contributed by atoms with Gasteiger partial charge in [-0.25, -0.2) is 0 Å². The number of nitrogens with zero attached hydrogens (tertiary/aromatic N) is 3. The average Bonchev–Trinajstić information content (AvgIpc) is 3.50. The number of hydrogen-bond acceptors (Lipinski definition) is 4. The van der Waals surface area contributed by atoms with E-state index >= 15 is 0 Å². The normalized spacial score (nSPS) is 23.7. The van der Waals surface area contributed by atoms with Crippen molar-refractivity contribution in [2.24, 2.45) is 5.41 Å². The molecule has 2 saturated heterocycles. The van der Waals surface area contributed by atoms with Crippen LogP contribution in [0.15, 0.2) is 72.8 Å². The third-order valence-corrected chi connectivity index (χ3v) is 7.94. The fourth-order valence-electron chi connectivity index (χ4n) is 6.89. The minimum atomic E-state index is -1.25. The Balaban J connectivity index is 1.70. The molecule has 0 aromatic heterocycles. The summed E-state index contributed by atoms with van der Waals surface area (Å²) in [7, 11) is 1.65. The lowest BCUT2D eigenvalue weighted by atomic mass is 9.55. The van der Waals surface area contributed by atoms with Crippen LogP contribution in [0.2, 0.25) is 0 Å². The molecule has 0 saturated carbocycles. The van der Waals surface area contributed by atoms with Crippen molar-refractivity contribution in [2.75, 3.05) is 13.7 Å². The van der Waals surface area contributed by atoms with Crippen LogP contribution in [0.25, 0.3) is 11.1 Å². The zero-order valence-corrected chi connectivity index (χ0v) is 18.0. The van der Waals surface area contributed by atoms with Crippen LogP contribution >= 0.6 is 0 Å². The minimum absolute atomic E-state index is 0.0960. The molecule has 3 aromatic rings. The summed E-state index contributed by atoms with van der Waals surface area (Å²) in [5.74, 6) is 0.774. The molecule has 156 valence electrons. The largest absolute Gasteiger partial charge is 0.497 e. The van der Waals surface area contributed by atoms with Crippen molar-refractivity contribution in [1.29, 1.82) is 10.5 Å². The van der Waals surface area contributed by atoms with Gasteiger partial charge in [-0.15, -0.1) is 0 Å². The van der Waals surface area contributed by atoms with E-state index in [0.717, 1.165) is 53.0 Å². The van der Waals surface area contributed by atoms with Crippen molar-refractivity contribution in [1.82, 2.24) is 4.90 Å². The van der Waals surface area contributed by atoms with E-state index in [0.29, 0.717) is 0 Å². The topological polar surface area (TPSA) is 60.0 Å². The predicted octanol–water partition coefficient (Wildman–Crippen LogP) is 5.21. The molecule has 32 heavy (non-hydrogen) atoms. The molecule has 0 radical (unpaired) electrons. The van der Waals surface area contributed by atoms with Crippen LogP contribution in [-0.4, -0.2) is 24.6 Å². The molecule has 0 amide bonds. The van der Waals surface area contributed by atoms with Gasteiger partial charge in [0.05, 0.1) is 30.7 Å². The van der Waals surface area contributed by atoms with E-state index in [4.69, 9.17) is 4.74 Å². The highest BCUT2D eigenvalue weighted by molar-refractivity contribution is 5.84. The van der Waals surface area contributed by atoms with Gasteiger partial charge in [-0.3, -0.25) is 4.90 Å². The first kappa shape index (κ1) is 19.1. The molecule has 2 atom stereocenters. The smallest absolute Gasteiger partial charge is 0.178 e. The van der Waals surface area contributed by atoms with Gasteiger partial charge in [0.1, 0.15) is 5.75 Å². The Labute approximate surface area is 188 Å². The summed E-state index contributed by atoms with van der Waals surface area (Å²) in [6, 6.07) is 29.7. The Morgan fingerprint density at radius 2 is 1.47 bits per heavy atom. The van der Waals surface area contributed by atoms with Crippen LogP contribution in [0.1, 0.15) is 35.6 Å². The first-order chi connectivity index (χ1) is 15.7. The molecular weight excluding hydrogens is 394 g/mol. The molecule has 4 heteroatoms. The third-order valence-electron chi connectivity index (χ3n) is 7.94. The van der Waals surface area contributed by atoms with Gasteiger partial charge in [0.2, 0.25) is 0 Å². The van der Waals surface area contributed by atoms with Crippen LogP contribution in [0.4, 0.5) is 0 Å². The Bertz CT molecular complexity index is 1240. The number of nitriles is 2. The third kappa shape index (κ3) is 2.04. The highest BCUT2D eigenvalue weighted by Gasteiger charge is 2.74. The molecule has 3 aromatic carbocycles. The maximum Gasteiger partial charge on any atom is 0.178 e. The number of fused-ring (bicyclic) bond motifs is 7. The first-order valence-electron chi connectivity index (χ1n) is 11.1. The van der Waals surface area contributed by atoms with Crippen molar-refractivity contribution < 1.29 is 4.74 Å². The summed E-state index contributed by atoms with van der Waals surface area (Å²) in [5, 5.41) is 21.7. The fourth-order valence-corrected chi connectivity index (χ4v) is 6.89. The lowest BCUT2D eigenvalue weighted by molar-refractivity contribution is 0.221. The van der Waals surface area contributed by atoms with E-state index in [1.807, 2.05) is 36.4 Å². The first-order valence-corrected chi connectivity index (χ1v) is 11.1. The second-order valence-corrected chi connectivity index (χ2v) is 9.00. The second kappa shape index (κ2) is 6.70. The van der Waals surface area contributed by atoms with Crippen LogP contribution in [0.3, 0.4) is 0 Å². The summed E-state index contributed by atoms with van der Waals surface area (Å²) in [6.07, 6.45) is 2.04. The van der Waals surface area contributed by atoms with Gasteiger partial charge < -0.3 is 4.74 Å².